The number of amides is 1. The number of rotatable bonds is 5. The Bertz CT molecular complexity index is 758. The van der Waals surface area contributed by atoms with Gasteiger partial charge in [0.15, 0.2) is 0 Å². The summed E-state index contributed by atoms with van der Waals surface area (Å²) < 4.78 is 5.26. The normalized spacial score (nSPS) is 18.3. The lowest BCUT2D eigenvalue weighted by molar-refractivity contribution is 0.0744. The van der Waals surface area contributed by atoms with Crippen molar-refractivity contribution in [3.8, 4) is 5.75 Å². The summed E-state index contributed by atoms with van der Waals surface area (Å²) in [6.45, 7) is 3.44. The lowest BCUT2D eigenvalue weighted by Gasteiger charge is -2.23. The number of hydrogen-bond donors (Lipinski definition) is 2. The molecule has 2 atom stereocenters. The topological polar surface area (TPSA) is 67.6 Å². The van der Waals surface area contributed by atoms with Crippen molar-refractivity contribution in [2.75, 3.05) is 25.5 Å². The summed E-state index contributed by atoms with van der Waals surface area (Å²) in [5.41, 5.74) is 8.15. The molecular weight excluding hydrogens is 385 g/mol. The van der Waals surface area contributed by atoms with E-state index in [4.69, 9.17) is 10.5 Å². The van der Waals surface area contributed by atoms with Gasteiger partial charge in [0.1, 0.15) is 5.75 Å². The molecule has 1 heterocycles. The monoisotopic (exact) mass is 411 g/mol. The summed E-state index contributed by atoms with van der Waals surface area (Å²) >= 11 is 0. The van der Waals surface area contributed by atoms with E-state index in [2.05, 4.69) is 12.2 Å². The van der Waals surface area contributed by atoms with Crippen LogP contribution >= 0.6 is 24.8 Å². The Morgan fingerprint density at radius 3 is 2.63 bits per heavy atom. The summed E-state index contributed by atoms with van der Waals surface area (Å²) in [5, 5.41) is 3.34. The largest absolute Gasteiger partial charge is 0.497 e. The summed E-state index contributed by atoms with van der Waals surface area (Å²) in [5.74, 6) is 1.21. The highest BCUT2D eigenvalue weighted by atomic mass is 35.5. The number of carbonyl (C=O) groups is 1. The first kappa shape index (κ1) is 23.1. The number of carbonyl (C=O) groups excluding carboxylic acids is 1. The molecule has 1 aliphatic rings. The van der Waals surface area contributed by atoms with Crippen LogP contribution in [0.5, 0.6) is 5.75 Å². The molecular formula is C20H27Cl2N3O2. The first-order valence-corrected chi connectivity index (χ1v) is 8.63. The molecule has 27 heavy (non-hydrogen) atoms. The molecule has 0 aromatic heterocycles. The van der Waals surface area contributed by atoms with Gasteiger partial charge in [-0.1, -0.05) is 18.2 Å². The molecule has 0 aliphatic carbocycles. The van der Waals surface area contributed by atoms with Gasteiger partial charge in [-0.25, -0.2) is 0 Å². The fraction of sp³-hybridized carbons (Fsp3) is 0.350. The Morgan fingerprint density at radius 2 is 1.96 bits per heavy atom. The maximum absolute atomic E-state index is 13.1. The van der Waals surface area contributed by atoms with E-state index in [1.807, 2.05) is 53.4 Å². The molecule has 2 aromatic carbocycles. The van der Waals surface area contributed by atoms with Crippen molar-refractivity contribution in [3.05, 3.63) is 54.1 Å². The lowest BCUT2D eigenvalue weighted by Crippen LogP contribution is -2.34. The molecule has 0 saturated carbocycles. The number of likely N-dealkylation sites (tertiary alicyclic amines) is 1. The molecule has 1 fully saturated rings. The number of methoxy groups -OCH3 is 1. The number of nitrogens with zero attached hydrogens (tertiary/aromatic N) is 1. The molecule has 1 aliphatic heterocycles. The van der Waals surface area contributed by atoms with Gasteiger partial charge in [-0.2, -0.15) is 0 Å². The van der Waals surface area contributed by atoms with E-state index in [-0.39, 0.29) is 36.8 Å². The molecule has 3 rings (SSSR count). The number of nitrogens with one attached hydrogen (secondary N) is 1. The van der Waals surface area contributed by atoms with Crippen molar-refractivity contribution >= 4 is 42.1 Å². The standard InChI is InChI=1S/C20H25N3O2.2ClH/c1-14-10-15(12-21)13-23(14)20(24)18-8-3-4-9-19(18)22-16-6-5-7-17(11-16)25-2;;/h3-9,11,14-15,22H,10,12-13,21H2,1-2H3;2*1H. The minimum absolute atomic E-state index is 0. The van der Waals surface area contributed by atoms with Gasteiger partial charge in [-0.3, -0.25) is 4.79 Å². The highest BCUT2D eigenvalue weighted by Gasteiger charge is 2.32. The zero-order chi connectivity index (χ0) is 17.8. The molecule has 2 aromatic rings. The Hall–Kier alpha value is -1.95. The van der Waals surface area contributed by atoms with Crippen LogP contribution in [-0.2, 0) is 0 Å². The van der Waals surface area contributed by atoms with Gasteiger partial charge < -0.3 is 20.7 Å². The molecule has 2 unspecified atom stereocenters. The van der Waals surface area contributed by atoms with Crippen LogP contribution in [0.1, 0.15) is 23.7 Å². The summed E-state index contributed by atoms with van der Waals surface area (Å²) in [6.07, 6.45) is 0.966. The molecule has 7 heteroatoms. The highest BCUT2D eigenvalue weighted by Crippen LogP contribution is 2.28. The van der Waals surface area contributed by atoms with Crippen molar-refractivity contribution in [2.24, 2.45) is 11.7 Å². The van der Waals surface area contributed by atoms with E-state index in [1.54, 1.807) is 7.11 Å². The number of anilines is 2. The minimum Gasteiger partial charge on any atom is -0.497 e. The van der Waals surface area contributed by atoms with Crippen LogP contribution < -0.4 is 15.8 Å². The number of halogens is 2. The van der Waals surface area contributed by atoms with Crippen LogP contribution in [0.2, 0.25) is 0 Å². The van der Waals surface area contributed by atoms with Gasteiger partial charge in [-0.15, -0.1) is 24.8 Å². The highest BCUT2D eigenvalue weighted by molar-refractivity contribution is 6.00. The SMILES string of the molecule is COc1cccc(Nc2ccccc2C(=O)N2CC(CN)CC2C)c1.Cl.Cl. The van der Waals surface area contributed by atoms with Crippen LogP contribution in [-0.4, -0.2) is 37.0 Å². The number of ether oxygens (including phenoxy) is 1. The van der Waals surface area contributed by atoms with Gasteiger partial charge >= 0.3 is 0 Å². The van der Waals surface area contributed by atoms with Crippen molar-refractivity contribution in [3.63, 3.8) is 0 Å². The molecule has 3 N–H and O–H groups in total. The summed E-state index contributed by atoms with van der Waals surface area (Å²) in [6, 6.07) is 15.5. The van der Waals surface area contributed by atoms with Gasteiger partial charge in [0.25, 0.3) is 5.91 Å². The zero-order valence-electron chi connectivity index (χ0n) is 15.6. The Balaban J connectivity index is 0.00000182. The molecule has 0 bridgehead atoms. The van der Waals surface area contributed by atoms with Crippen LogP contribution in [0.4, 0.5) is 11.4 Å². The van der Waals surface area contributed by atoms with Gasteiger partial charge in [0.05, 0.1) is 18.4 Å². The molecule has 0 radical (unpaired) electrons. The second-order valence-electron chi connectivity index (χ2n) is 6.55. The van der Waals surface area contributed by atoms with Crippen LogP contribution in [0.15, 0.2) is 48.5 Å². The van der Waals surface area contributed by atoms with E-state index in [9.17, 15) is 4.79 Å². The van der Waals surface area contributed by atoms with E-state index in [0.29, 0.717) is 18.0 Å². The van der Waals surface area contributed by atoms with Crippen LogP contribution in [0, 0.1) is 5.92 Å². The zero-order valence-corrected chi connectivity index (χ0v) is 17.2. The van der Waals surface area contributed by atoms with Crippen molar-refractivity contribution in [1.82, 2.24) is 4.90 Å². The molecule has 1 saturated heterocycles. The third kappa shape index (κ3) is 5.28. The van der Waals surface area contributed by atoms with Crippen molar-refractivity contribution in [2.45, 2.75) is 19.4 Å². The Labute approximate surface area is 173 Å². The summed E-state index contributed by atoms with van der Waals surface area (Å²) in [4.78, 5) is 15.0. The molecule has 148 valence electrons. The number of hydrogen-bond acceptors (Lipinski definition) is 4. The van der Waals surface area contributed by atoms with Gasteiger partial charge in [0.2, 0.25) is 0 Å². The molecule has 5 nitrogen and oxygen atoms in total. The first-order chi connectivity index (χ1) is 12.1. The van der Waals surface area contributed by atoms with Gasteiger partial charge in [-0.05, 0) is 50.1 Å². The second kappa shape index (κ2) is 10.4. The van der Waals surface area contributed by atoms with Crippen molar-refractivity contribution in [1.29, 1.82) is 0 Å². The van der Waals surface area contributed by atoms with Gasteiger partial charge in [0, 0.05) is 24.3 Å². The van der Waals surface area contributed by atoms with Crippen LogP contribution in [0.25, 0.3) is 0 Å². The first-order valence-electron chi connectivity index (χ1n) is 8.63. The fourth-order valence-corrected chi connectivity index (χ4v) is 3.39. The average Bonchev–Trinajstić information content (AvgIpc) is 3.02. The number of para-hydroxylation sites is 1. The number of nitrogens with two attached hydrogens (primary N) is 1. The van der Waals surface area contributed by atoms with E-state index in [1.165, 1.54) is 0 Å². The average molecular weight is 412 g/mol. The minimum atomic E-state index is 0. The predicted molar refractivity (Wildman–Crippen MR) is 115 cm³/mol. The Morgan fingerprint density at radius 1 is 1.22 bits per heavy atom. The third-order valence-electron chi connectivity index (χ3n) is 4.76. The maximum Gasteiger partial charge on any atom is 0.256 e. The summed E-state index contributed by atoms with van der Waals surface area (Å²) in [7, 11) is 1.64. The van der Waals surface area contributed by atoms with E-state index in [0.717, 1.165) is 30.1 Å². The lowest BCUT2D eigenvalue weighted by atomic mass is 10.1. The van der Waals surface area contributed by atoms with E-state index >= 15 is 0 Å². The van der Waals surface area contributed by atoms with Crippen molar-refractivity contribution < 1.29 is 9.53 Å². The predicted octanol–water partition coefficient (Wildman–Crippen LogP) is 4.09. The van der Waals surface area contributed by atoms with E-state index < -0.39 is 0 Å². The molecule has 0 spiro atoms. The quantitative estimate of drug-likeness (QED) is 0.776. The Kier molecular flexibility index (Phi) is 8.89. The number of benzene rings is 2. The smallest absolute Gasteiger partial charge is 0.256 e. The molecule has 1 amide bonds. The van der Waals surface area contributed by atoms with Crippen LogP contribution in [0.3, 0.4) is 0 Å². The maximum atomic E-state index is 13.1. The third-order valence-corrected chi connectivity index (χ3v) is 4.76. The fourth-order valence-electron chi connectivity index (χ4n) is 3.39. The second-order valence-corrected chi connectivity index (χ2v) is 6.55.